The van der Waals surface area contributed by atoms with Crippen molar-refractivity contribution in [1.82, 2.24) is 4.31 Å². The summed E-state index contributed by atoms with van der Waals surface area (Å²) in [7, 11) is -3.03. The van der Waals surface area contributed by atoms with Crippen LogP contribution in [0.3, 0.4) is 0 Å². The molecule has 0 amide bonds. The predicted octanol–water partition coefficient (Wildman–Crippen LogP) is 2.45. The third-order valence-electron chi connectivity index (χ3n) is 5.56. The van der Waals surface area contributed by atoms with E-state index >= 15 is 0 Å². The zero-order valence-corrected chi connectivity index (χ0v) is 14.7. The summed E-state index contributed by atoms with van der Waals surface area (Å²) in [4.78, 5) is 0. The van der Waals surface area contributed by atoms with E-state index < -0.39 is 10.0 Å². The second-order valence-electron chi connectivity index (χ2n) is 8.03. The molecule has 3 atom stereocenters. The highest BCUT2D eigenvalue weighted by Gasteiger charge is 2.36. The Morgan fingerprint density at radius 2 is 1.95 bits per heavy atom. The molecule has 3 unspecified atom stereocenters. The number of piperidine rings is 1. The lowest BCUT2D eigenvalue weighted by molar-refractivity contribution is 0.0912. The lowest BCUT2D eigenvalue weighted by Gasteiger charge is -2.43. The molecule has 5 heteroatoms. The van der Waals surface area contributed by atoms with E-state index in [1.54, 1.807) is 4.31 Å². The van der Waals surface area contributed by atoms with Crippen LogP contribution in [0.2, 0.25) is 0 Å². The molecular weight excluding hydrogens is 284 g/mol. The molecule has 2 fully saturated rings. The first-order valence-corrected chi connectivity index (χ1v) is 10.2. The Balaban J connectivity index is 1.98. The van der Waals surface area contributed by atoms with Crippen molar-refractivity contribution in [2.24, 2.45) is 28.9 Å². The SMILES string of the molecule is CC1(C)CCC(CN)C(CC2CCCN(S(C)(=O)=O)C2)C1. The highest BCUT2D eigenvalue weighted by molar-refractivity contribution is 7.88. The molecule has 0 radical (unpaired) electrons. The highest BCUT2D eigenvalue weighted by atomic mass is 32.2. The van der Waals surface area contributed by atoms with Gasteiger partial charge in [-0.2, -0.15) is 0 Å². The standard InChI is InChI=1S/C16H32N2O2S/c1-16(2)7-6-14(11-17)15(10-16)9-13-5-4-8-18(12-13)21(3,19)20/h13-15H,4-12,17H2,1-3H3. The smallest absolute Gasteiger partial charge is 0.211 e. The molecule has 2 N–H and O–H groups in total. The summed E-state index contributed by atoms with van der Waals surface area (Å²) in [5.74, 6) is 1.82. The molecule has 1 aliphatic heterocycles. The molecule has 1 aliphatic carbocycles. The minimum atomic E-state index is -3.03. The third-order valence-corrected chi connectivity index (χ3v) is 6.83. The molecule has 2 rings (SSSR count). The van der Waals surface area contributed by atoms with Gasteiger partial charge in [-0.15, -0.1) is 0 Å². The van der Waals surface area contributed by atoms with E-state index in [-0.39, 0.29) is 0 Å². The van der Waals surface area contributed by atoms with Crippen LogP contribution in [0.5, 0.6) is 0 Å². The van der Waals surface area contributed by atoms with Crippen LogP contribution >= 0.6 is 0 Å². The first kappa shape index (κ1) is 17.2. The Morgan fingerprint density at radius 3 is 2.57 bits per heavy atom. The number of hydrogen-bond acceptors (Lipinski definition) is 3. The molecule has 0 spiro atoms. The molecule has 21 heavy (non-hydrogen) atoms. The minimum Gasteiger partial charge on any atom is -0.330 e. The second kappa shape index (κ2) is 6.55. The fourth-order valence-corrected chi connectivity index (χ4v) is 5.27. The van der Waals surface area contributed by atoms with E-state index in [1.165, 1.54) is 31.9 Å². The van der Waals surface area contributed by atoms with Gasteiger partial charge < -0.3 is 5.73 Å². The summed E-state index contributed by atoms with van der Waals surface area (Å²) in [6.45, 7) is 6.91. The van der Waals surface area contributed by atoms with E-state index in [1.807, 2.05) is 0 Å². The van der Waals surface area contributed by atoms with Crippen LogP contribution < -0.4 is 5.73 Å². The summed E-state index contributed by atoms with van der Waals surface area (Å²) in [6, 6.07) is 0. The van der Waals surface area contributed by atoms with Crippen LogP contribution in [-0.2, 0) is 10.0 Å². The van der Waals surface area contributed by atoms with Crippen molar-refractivity contribution in [3.8, 4) is 0 Å². The highest BCUT2D eigenvalue weighted by Crippen LogP contribution is 2.44. The van der Waals surface area contributed by atoms with Crippen LogP contribution in [0.15, 0.2) is 0 Å². The Labute approximate surface area is 130 Å². The van der Waals surface area contributed by atoms with Crippen molar-refractivity contribution in [2.45, 2.75) is 52.4 Å². The maximum atomic E-state index is 11.8. The maximum Gasteiger partial charge on any atom is 0.211 e. The van der Waals surface area contributed by atoms with Crippen LogP contribution in [0, 0.1) is 23.2 Å². The Hall–Kier alpha value is -0.130. The van der Waals surface area contributed by atoms with Gasteiger partial charge in [-0.1, -0.05) is 13.8 Å². The van der Waals surface area contributed by atoms with Crippen molar-refractivity contribution in [2.75, 3.05) is 25.9 Å². The molecule has 1 saturated heterocycles. The molecular formula is C16H32N2O2S. The number of nitrogens with zero attached hydrogens (tertiary/aromatic N) is 1. The summed E-state index contributed by atoms with van der Waals surface area (Å²) >= 11 is 0. The van der Waals surface area contributed by atoms with Gasteiger partial charge in [0.2, 0.25) is 10.0 Å². The van der Waals surface area contributed by atoms with Crippen molar-refractivity contribution in [3.05, 3.63) is 0 Å². The molecule has 1 saturated carbocycles. The lowest BCUT2D eigenvalue weighted by atomic mass is 9.64. The quantitative estimate of drug-likeness (QED) is 0.866. The van der Waals surface area contributed by atoms with Gasteiger partial charge in [0, 0.05) is 13.1 Å². The molecule has 2 aliphatic rings. The monoisotopic (exact) mass is 316 g/mol. The largest absolute Gasteiger partial charge is 0.330 e. The fraction of sp³-hybridized carbons (Fsp3) is 1.00. The van der Waals surface area contributed by atoms with Gasteiger partial charge in [-0.05, 0) is 68.2 Å². The van der Waals surface area contributed by atoms with Gasteiger partial charge in [0.25, 0.3) is 0 Å². The fourth-order valence-electron chi connectivity index (χ4n) is 4.33. The lowest BCUT2D eigenvalue weighted by Crippen LogP contribution is -2.41. The topological polar surface area (TPSA) is 63.4 Å². The zero-order valence-electron chi connectivity index (χ0n) is 13.8. The van der Waals surface area contributed by atoms with E-state index in [0.29, 0.717) is 36.3 Å². The van der Waals surface area contributed by atoms with Gasteiger partial charge in [0.05, 0.1) is 6.26 Å². The molecule has 124 valence electrons. The van der Waals surface area contributed by atoms with Crippen molar-refractivity contribution < 1.29 is 8.42 Å². The predicted molar refractivity (Wildman–Crippen MR) is 87.4 cm³/mol. The third kappa shape index (κ3) is 4.67. The van der Waals surface area contributed by atoms with Crippen LogP contribution in [0.1, 0.15) is 52.4 Å². The summed E-state index contributed by atoms with van der Waals surface area (Å²) in [5.41, 5.74) is 6.40. The molecule has 4 nitrogen and oxygen atoms in total. The zero-order chi connectivity index (χ0) is 15.7. The maximum absolute atomic E-state index is 11.8. The Kier molecular flexibility index (Phi) is 5.37. The number of nitrogens with two attached hydrogens (primary N) is 1. The molecule has 1 heterocycles. The van der Waals surface area contributed by atoms with Gasteiger partial charge in [-0.3, -0.25) is 0 Å². The molecule has 0 aromatic carbocycles. The summed E-state index contributed by atoms with van der Waals surface area (Å²) < 4.78 is 25.2. The Bertz CT molecular complexity index is 447. The summed E-state index contributed by atoms with van der Waals surface area (Å²) in [6.07, 6.45) is 8.40. The van der Waals surface area contributed by atoms with E-state index in [2.05, 4.69) is 13.8 Å². The van der Waals surface area contributed by atoms with Crippen LogP contribution in [-0.4, -0.2) is 38.6 Å². The number of sulfonamides is 1. The first-order valence-electron chi connectivity index (χ1n) is 8.36. The summed E-state index contributed by atoms with van der Waals surface area (Å²) in [5, 5.41) is 0. The van der Waals surface area contributed by atoms with Crippen LogP contribution in [0.4, 0.5) is 0 Å². The minimum absolute atomic E-state index is 0.418. The van der Waals surface area contributed by atoms with Crippen molar-refractivity contribution >= 4 is 10.0 Å². The van der Waals surface area contributed by atoms with Gasteiger partial charge >= 0.3 is 0 Å². The normalized spacial score (nSPS) is 34.8. The van der Waals surface area contributed by atoms with E-state index in [0.717, 1.165) is 19.4 Å². The average Bonchev–Trinajstić information content (AvgIpc) is 2.37. The van der Waals surface area contributed by atoms with E-state index in [9.17, 15) is 8.42 Å². The number of rotatable bonds is 4. The van der Waals surface area contributed by atoms with E-state index in [4.69, 9.17) is 5.73 Å². The average molecular weight is 317 g/mol. The molecule has 0 bridgehead atoms. The Morgan fingerprint density at radius 1 is 1.24 bits per heavy atom. The van der Waals surface area contributed by atoms with Crippen LogP contribution in [0.25, 0.3) is 0 Å². The van der Waals surface area contributed by atoms with Crippen molar-refractivity contribution in [3.63, 3.8) is 0 Å². The number of hydrogen-bond donors (Lipinski definition) is 1. The molecule has 0 aromatic rings. The van der Waals surface area contributed by atoms with Gasteiger partial charge in [0.15, 0.2) is 0 Å². The van der Waals surface area contributed by atoms with Gasteiger partial charge in [-0.25, -0.2) is 12.7 Å². The first-order chi connectivity index (χ1) is 9.71. The second-order valence-corrected chi connectivity index (χ2v) is 10.0. The van der Waals surface area contributed by atoms with Crippen molar-refractivity contribution in [1.29, 1.82) is 0 Å². The van der Waals surface area contributed by atoms with Gasteiger partial charge in [0.1, 0.15) is 0 Å². The molecule has 0 aromatic heterocycles.